The molecule has 2 aromatic heterocycles. The van der Waals surface area contributed by atoms with Crippen LogP contribution >= 0.6 is 22.9 Å². The summed E-state index contributed by atoms with van der Waals surface area (Å²) in [5.74, 6) is -0.376. The fourth-order valence-corrected chi connectivity index (χ4v) is 10.5. The van der Waals surface area contributed by atoms with Crippen molar-refractivity contribution in [3.63, 3.8) is 0 Å². The van der Waals surface area contributed by atoms with Gasteiger partial charge in [0.05, 0.1) is 31.0 Å². The van der Waals surface area contributed by atoms with Crippen molar-refractivity contribution in [2.75, 3.05) is 51.3 Å². The topological polar surface area (TPSA) is 194 Å². The van der Waals surface area contributed by atoms with Crippen LogP contribution < -0.4 is 25.4 Å². The Labute approximate surface area is 377 Å². The van der Waals surface area contributed by atoms with Crippen LogP contribution in [0, 0.1) is 23.2 Å². The summed E-state index contributed by atoms with van der Waals surface area (Å²) in [6, 6.07) is 3.38. The number of rotatable bonds is 16. The third-order valence-corrected chi connectivity index (χ3v) is 14.2. The molecular weight excluding hydrogens is 850 g/mol. The third-order valence-electron chi connectivity index (χ3n) is 13.1. The first-order valence-corrected chi connectivity index (χ1v) is 23.6. The highest BCUT2D eigenvalue weighted by atomic mass is 35.5. The molecule has 16 nitrogen and oxygen atoms in total. The number of fused-ring (bicyclic) bond motifs is 2. The summed E-state index contributed by atoms with van der Waals surface area (Å²) < 4.78 is 24.3. The van der Waals surface area contributed by atoms with Crippen LogP contribution in [-0.2, 0) is 23.9 Å². The summed E-state index contributed by atoms with van der Waals surface area (Å²) in [6.07, 6.45) is 2.11. The number of carbonyl (C=O) groups excluding carboxylic acids is 3. The molecule has 0 bridgehead atoms. The Kier molecular flexibility index (Phi) is 13.0. The number of halogens is 1. The second-order valence-electron chi connectivity index (χ2n) is 19.2. The molecule has 2 saturated heterocycles. The smallest absolute Gasteiger partial charge is 0.408 e. The molecule has 3 aromatic rings. The quantitative estimate of drug-likeness (QED) is 0.127. The largest absolute Gasteiger partial charge is 0.491 e. The van der Waals surface area contributed by atoms with E-state index in [1.54, 1.807) is 12.1 Å². The number of anilines is 1. The highest BCUT2D eigenvalue weighted by Gasteiger charge is 2.61. The minimum absolute atomic E-state index is 0.0295. The number of amides is 3. The Morgan fingerprint density at radius 2 is 1.78 bits per heavy atom. The highest BCUT2D eigenvalue weighted by molar-refractivity contribution is 7.14. The molecule has 4 N–H and O–H groups in total. The lowest BCUT2D eigenvalue weighted by molar-refractivity contribution is -0.146. The lowest BCUT2D eigenvalue weighted by Crippen LogP contribution is -2.59. The second-order valence-corrected chi connectivity index (χ2v) is 20.4. The molecule has 342 valence electrons. The van der Waals surface area contributed by atoms with Crippen LogP contribution in [0.25, 0.3) is 22.3 Å². The molecular formula is C45H60ClN7O9S. The Hall–Kier alpha value is -4.45. The van der Waals surface area contributed by atoms with Gasteiger partial charge in [-0.05, 0) is 74.8 Å². The number of hydrogen-bond donors (Lipinski definition) is 4. The molecule has 18 heteroatoms. The summed E-state index contributed by atoms with van der Waals surface area (Å²) in [7, 11) is 0. The predicted molar refractivity (Wildman–Crippen MR) is 238 cm³/mol. The standard InChI is InChI=1S/C45H60ClN7O9S/c1-7-27-21-45(27,41(56)57)51-39(54)33-19-29(22-53(33)40(55)38(44(4,5)6)50-43(58)62-28-17-25-16-26(25)18-28)61-35-20-31(32-23-63-42(49-32)47-24(2)3)48-37-30(35)8-9-34(36(37)46)60-15-12-52-10-13-59-14-11-52/h8-9,20,23-29,33,38H,7,10-19,21-22H2,1-6H3,(H,47,49)(H,50,58)(H,51,54)(H,56,57)/t25-,26+,27-,28+,29-,33+,38?,45-/m1/s1. The van der Waals surface area contributed by atoms with Crippen molar-refractivity contribution in [1.82, 2.24) is 30.4 Å². The van der Waals surface area contributed by atoms with Crippen molar-refractivity contribution < 1.29 is 43.2 Å². The summed E-state index contributed by atoms with van der Waals surface area (Å²) in [6.45, 7) is 15.6. The summed E-state index contributed by atoms with van der Waals surface area (Å²) in [5, 5.41) is 22.7. The molecule has 1 unspecified atom stereocenters. The zero-order chi connectivity index (χ0) is 44.8. The van der Waals surface area contributed by atoms with E-state index in [0.717, 1.165) is 31.1 Å². The van der Waals surface area contributed by atoms with Gasteiger partial charge in [0, 0.05) is 48.9 Å². The van der Waals surface area contributed by atoms with Crippen LogP contribution in [0.3, 0.4) is 0 Å². The van der Waals surface area contributed by atoms with Crippen molar-refractivity contribution in [3.05, 3.63) is 28.6 Å². The predicted octanol–water partition coefficient (Wildman–Crippen LogP) is 6.20. The van der Waals surface area contributed by atoms with Crippen molar-refractivity contribution in [3.8, 4) is 22.9 Å². The minimum atomic E-state index is -1.42. The number of carbonyl (C=O) groups is 4. The maximum atomic E-state index is 14.8. The fourth-order valence-electron chi connectivity index (χ4n) is 9.38. The van der Waals surface area contributed by atoms with Crippen LogP contribution in [0.5, 0.6) is 11.5 Å². The van der Waals surface area contributed by atoms with Crippen LogP contribution in [0.1, 0.15) is 80.1 Å². The van der Waals surface area contributed by atoms with E-state index in [2.05, 4.69) is 20.9 Å². The first kappa shape index (κ1) is 45.1. The van der Waals surface area contributed by atoms with E-state index in [-0.39, 0.29) is 31.0 Å². The van der Waals surface area contributed by atoms with Crippen molar-refractivity contribution in [2.45, 2.75) is 116 Å². The van der Waals surface area contributed by atoms with Gasteiger partial charge in [-0.2, -0.15) is 0 Å². The van der Waals surface area contributed by atoms with Gasteiger partial charge in [0.15, 0.2) is 5.13 Å². The average molecular weight is 911 g/mol. The molecule has 0 spiro atoms. The number of alkyl carbamates (subject to hydrolysis) is 1. The summed E-state index contributed by atoms with van der Waals surface area (Å²) in [5.41, 5.74) is -0.683. The summed E-state index contributed by atoms with van der Waals surface area (Å²) >= 11 is 8.55. The number of carboxylic acids is 1. The monoisotopic (exact) mass is 909 g/mol. The maximum absolute atomic E-state index is 14.8. The Morgan fingerprint density at radius 3 is 2.44 bits per heavy atom. The number of carboxylic acid groups (broad SMARTS) is 1. The fraction of sp³-hybridized carbons (Fsp3) is 0.644. The van der Waals surface area contributed by atoms with Gasteiger partial charge < -0.3 is 44.9 Å². The first-order valence-electron chi connectivity index (χ1n) is 22.3. The molecule has 8 rings (SSSR count). The normalized spacial score (nSPS) is 27.1. The van der Waals surface area contributed by atoms with Gasteiger partial charge in [0.1, 0.15) is 58.7 Å². The molecule has 4 heterocycles. The molecule has 1 aromatic carbocycles. The lowest BCUT2D eigenvalue weighted by Gasteiger charge is -2.35. The molecule has 5 aliphatic rings. The zero-order valence-corrected chi connectivity index (χ0v) is 38.5. The highest BCUT2D eigenvalue weighted by Crippen LogP contribution is 2.52. The van der Waals surface area contributed by atoms with Gasteiger partial charge in [-0.3, -0.25) is 14.5 Å². The molecule has 5 fully saturated rings. The van der Waals surface area contributed by atoms with E-state index in [4.69, 9.17) is 40.5 Å². The van der Waals surface area contributed by atoms with E-state index >= 15 is 0 Å². The number of nitrogens with one attached hydrogen (secondary N) is 3. The van der Waals surface area contributed by atoms with Crippen molar-refractivity contribution in [2.24, 2.45) is 23.2 Å². The first-order chi connectivity index (χ1) is 30.0. The SMILES string of the molecule is CC[C@@H]1C[C@]1(NC(=O)[C@@H]1C[C@@H](Oc2cc(-c3csc(NC(C)C)n3)nc3c(Cl)c(OCCN4CCOCC4)ccc23)CN1C(=O)C(NC(=O)O[C@@H]1C[C@@H]2C[C@@H]2C1)C(C)(C)C)C(=O)O. The molecule has 63 heavy (non-hydrogen) atoms. The number of aromatic nitrogens is 2. The van der Waals surface area contributed by atoms with Crippen molar-refractivity contribution >= 4 is 62.8 Å². The summed E-state index contributed by atoms with van der Waals surface area (Å²) in [4.78, 5) is 68.5. The molecule has 3 amide bonds. The number of morpholine rings is 1. The van der Waals surface area contributed by atoms with Gasteiger partial charge in [-0.25, -0.2) is 19.6 Å². The van der Waals surface area contributed by atoms with Crippen molar-refractivity contribution in [1.29, 1.82) is 0 Å². The molecule has 0 radical (unpaired) electrons. The average Bonchev–Trinajstić information content (AvgIpc) is 3.91. The van der Waals surface area contributed by atoms with E-state index in [1.807, 2.05) is 53.0 Å². The van der Waals surface area contributed by atoms with Gasteiger partial charge in [-0.1, -0.05) is 45.7 Å². The lowest BCUT2D eigenvalue weighted by atomic mass is 9.85. The van der Waals surface area contributed by atoms with E-state index in [0.29, 0.717) is 89.9 Å². The number of hydrogen-bond acceptors (Lipinski definition) is 13. The second kappa shape index (κ2) is 18.2. The van der Waals surface area contributed by atoms with Gasteiger partial charge in [0.2, 0.25) is 11.8 Å². The Morgan fingerprint density at radius 1 is 1.03 bits per heavy atom. The zero-order valence-electron chi connectivity index (χ0n) is 36.9. The van der Waals surface area contributed by atoms with Crippen LogP contribution in [0.15, 0.2) is 23.6 Å². The number of ether oxygens (including phenoxy) is 4. The van der Waals surface area contributed by atoms with Gasteiger partial charge in [-0.15, -0.1) is 11.3 Å². The van der Waals surface area contributed by atoms with Crippen LogP contribution in [0.4, 0.5) is 9.93 Å². The Bertz CT molecular complexity index is 2200. The molecule has 3 saturated carbocycles. The number of thiazole rings is 1. The number of likely N-dealkylation sites (tertiary alicyclic amines) is 1. The maximum Gasteiger partial charge on any atom is 0.408 e. The van der Waals surface area contributed by atoms with E-state index < -0.39 is 53.0 Å². The van der Waals surface area contributed by atoms with E-state index in [9.17, 15) is 24.3 Å². The molecule has 8 atom stereocenters. The number of nitrogens with zero attached hydrogens (tertiary/aromatic N) is 4. The minimum Gasteiger partial charge on any atom is -0.491 e. The number of aliphatic carboxylic acids is 1. The number of benzene rings is 1. The Balaban J connectivity index is 1.09. The third kappa shape index (κ3) is 9.96. The molecule has 2 aliphatic heterocycles. The van der Waals surface area contributed by atoms with Crippen LogP contribution in [-0.4, -0.2) is 131 Å². The van der Waals surface area contributed by atoms with Crippen LogP contribution in [0.2, 0.25) is 5.02 Å². The van der Waals surface area contributed by atoms with E-state index in [1.165, 1.54) is 22.7 Å². The van der Waals surface area contributed by atoms with Gasteiger partial charge in [0.25, 0.3) is 0 Å². The number of pyridine rings is 1. The van der Waals surface area contributed by atoms with Gasteiger partial charge >= 0.3 is 12.1 Å². The molecule has 3 aliphatic carbocycles.